The summed E-state index contributed by atoms with van der Waals surface area (Å²) in [5, 5.41) is 0. The van der Waals surface area contributed by atoms with E-state index in [1.54, 1.807) is 12.1 Å². The van der Waals surface area contributed by atoms with Crippen LogP contribution in [0.4, 0.5) is 4.39 Å². The molecule has 1 saturated heterocycles. The lowest BCUT2D eigenvalue weighted by Crippen LogP contribution is -2.46. The van der Waals surface area contributed by atoms with E-state index in [1.165, 1.54) is 12.1 Å². The van der Waals surface area contributed by atoms with Gasteiger partial charge >= 0.3 is 0 Å². The van der Waals surface area contributed by atoms with Crippen molar-refractivity contribution in [1.29, 1.82) is 0 Å². The maximum Gasteiger partial charge on any atom is 0.123 e. The summed E-state index contributed by atoms with van der Waals surface area (Å²) in [7, 11) is 0. The fourth-order valence-corrected chi connectivity index (χ4v) is 1.57. The highest BCUT2D eigenvalue weighted by Crippen LogP contribution is 2.17. The Bertz CT molecular complexity index is 315. The van der Waals surface area contributed by atoms with Gasteiger partial charge in [0.15, 0.2) is 0 Å². The number of benzene rings is 1. The Kier molecular flexibility index (Phi) is 3.18. The number of halogens is 1. The first-order valence-electron chi connectivity index (χ1n) is 5.01. The van der Waals surface area contributed by atoms with Crippen LogP contribution in [0.25, 0.3) is 0 Å². The fraction of sp³-hybridized carbons (Fsp3) is 0.455. The van der Waals surface area contributed by atoms with Crippen LogP contribution in [0.1, 0.15) is 6.42 Å². The van der Waals surface area contributed by atoms with Crippen LogP contribution in [0, 0.1) is 5.82 Å². The Morgan fingerprint density at radius 1 is 1.33 bits per heavy atom. The quantitative estimate of drug-likeness (QED) is 0.802. The normalized spacial score (nSPS) is 26.3. The Labute approximate surface area is 88.0 Å². The summed E-state index contributed by atoms with van der Waals surface area (Å²) in [4.78, 5) is 0. The van der Waals surface area contributed by atoms with Crippen LogP contribution in [-0.2, 0) is 4.74 Å². The van der Waals surface area contributed by atoms with Crippen molar-refractivity contribution in [3.63, 3.8) is 0 Å². The average Bonchev–Trinajstić information content (AvgIpc) is 2.25. The summed E-state index contributed by atoms with van der Waals surface area (Å²) in [6, 6.07) is 5.86. The fourth-order valence-electron chi connectivity index (χ4n) is 1.57. The van der Waals surface area contributed by atoms with Gasteiger partial charge in [-0.3, -0.25) is 0 Å². The summed E-state index contributed by atoms with van der Waals surface area (Å²) in [5.41, 5.74) is 5.83. The van der Waals surface area contributed by atoms with Gasteiger partial charge in [0.05, 0.1) is 19.3 Å². The van der Waals surface area contributed by atoms with Crippen molar-refractivity contribution in [2.75, 3.05) is 13.2 Å². The Balaban J connectivity index is 1.98. The zero-order chi connectivity index (χ0) is 10.7. The molecule has 0 spiro atoms. The van der Waals surface area contributed by atoms with Crippen LogP contribution < -0.4 is 10.5 Å². The Hall–Kier alpha value is -1.13. The van der Waals surface area contributed by atoms with Crippen molar-refractivity contribution < 1.29 is 13.9 Å². The van der Waals surface area contributed by atoms with Crippen LogP contribution in [0.2, 0.25) is 0 Å². The molecule has 1 aliphatic heterocycles. The number of hydrogen-bond donors (Lipinski definition) is 1. The van der Waals surface area contributed by atoms with E-state index in [2.05, 4.69) is 0 Å². The lowest BCUT2D eigenvalue weighted by Gasteiger charge is -2.29. The molecule has 82 valence electrons. The van der Waals surface area contributed by atoms with Crippen LogP contribution in [0.5, 0.6) is 5.75 Å². The van der Waals surface area contributed by atoms with E-state index in [-0.39, 0.29) is 18.0 Å². The molecule has 2 rings (SSSR count). The monoisotopic (exact) mass is 211 g/mol. The molecule has 1 aromatic carbocycles. The Morgan fingerprint density at radius 2 is 2.07 bits per heavy atom. The summed E-state index contributed by atoms with van der Waals surface area (Å²) < 4.78 is 23.5. The van der Waals surface area contributed by atoms with Gasteiger partial charge in [0.1, 0.15) is 17.7 Å². The second-order valence-electron chi connectivity index (χ2n) is 3.64. The average molecular weight is 211 g/mol. The molecule has 0 saturated carbocycles. The maximum atomic E-state index is 12.6. The van der Waals surface area contributed by atoms with E-state index in [0.717, 1.165) is 6.42 Å². The molecule has 1 heterocycles. The molecule has 2 atom stereocenters. The molecule has 1 aromatic rings. The highest BCUT2D eigenvalue weighted by atomic mass is 19.1. The maximum absolute atomic E-state index is 12.6. The highest BCUT2D eigenvalue weighted by molar-refractivity contribution is 5.22. The minimum absolute atomic E-state index is 0.0378. The number of ether oxygens (including phenoxy) is 2. The zero-order valence-electron chi connectivity index (χ0n) is 8.36. The molecule has 3 nitrogen and oxygen atoms in total. The van der Waals surface area contributed by atoms with Crippen LogP contribution in [0.3, 0.4) is 0 Å². The summed E-state index contributed by atoms with van der Waals surface area (Å²) in [5.74, 6) is 0.386. The van der Waals surface area contributed by atoms with Crippen molar-refractivity contribution in [3.8, 4) is 5.75 Å². The summed E-state index contributed by atoms with van der Waals surface area (Å²) in [6.07, 6.45) is 0.739. The highest BCUT2D eigenvalue weighted by Gasteiger charge is 2.23. The first kappa shape index (κ1) is 10.4. The van der Waals surface area contributed by atoms with Crippen molar-refractivity contribution in [1.82, 2.24) is 0 Å². The second-order valence-corrected chi connectivity index (χ2v) is 3.64. The molecule has 2 unspecified atom stereocenters. The lowest BCUT2D eigenvalue weighted by atomic mass is 10.1. The van der Waals surface area contributed by atoms with E-state index in [9.17, 15) is 4.39 Å². The molecule has 0 amide bonds. The van der Waals surface area contributed by atoms with Gasteiger partial charge < -0.3 is 15.2 Å². The van der Waals surface area contributed by atoms with Crippen molar-refractivity contribution in [2.24, 2.45) is 5.73 Å². The predicted octanol–water partition coefficient (Wildman–Crippen LogP) is 1.32. The molecule has 1 aliphatic rings. The topological polar surface area (TPSA) is 44.5 Å². The van der Waals surface area contributed by atoms with Crippen molar-refractivity contribution in [2.45, 2.75) is 18.6 Å². The molecular weight excluding hydrogens is 197 g/mol. The van der Waals surface area contributed by atoms with E-state index in [0.29, 0.717) is 19.0 Å². The van der Waals surface area contributed by atoms with E-state index >= 15 is 0 Å². The first-order chi connectivity index (χ1) is 7.25. The third-order valence-corrected chi connectivity index (χ3v) is 2.44. The van der Waals surface area contributed by atoms with Gasteiger partial charge in [-0.1, -0.05) is 0 Å². The van der Waals surface area contributed by atoms with E-state index in [1.807, 2.05) is 0 Å². The molecule has 15 heavy (non-hydrogen) atoms. The van der Waals surface area contributed by atoms with Gasteiger partial charge in [0.25, 0.3) is 0 Å². The molecule has 0 aromatic heterocycles. The summed E-state index contributed by atoms with van der Waals surface area (Å²) in [6.45, 7) is 1.19. The molecule has 0 bridgehead atoms. The van der Waals surface area contributed by atoms with Gasteiger partial charge in [0, 0.05) is 6.42 Å². The Morgan fingerprint density at radius 3 is 2.73 bits per heavy atom. The van der Waals surface area contributed by atoms with Gasteiger partial charge in [-0.25, -0.2) is 4.39 Å². The molecule has 2 N–H and O–H groups in total. The van der Waals surface area contributed by atoms with Crippen LogP contribution in [0.15, 0.2) is 24.3 Å². The lowest BCUT2D eigenvalue weighted by molar-refractivity contribution is 0.00843. The smallest absolute Gasteiger partial charge is 0.123 e. The minimum Gasteiger partial charge on any atom is -0.489 e. The standard InChI is InChI=1S/C11H14FNO2/c12-8-1-3-9(4-2-8)15-11-5-6-14-7-10(11)13/h1-4,10-11H,5-7,13H2. The van der Waals surface area contributed by atoms with E-state index in [4.69, 9.17) is 15.2 Å². The number of rotatable bonds is 2. The van der Waals surface area contributed by atoms with Gasteiger partial charge in [-0.15, -0.1) is 0 Å². The predicted molar refractivity (Wildman–Crippen MR) is 54.2 cm³/mol. The minimum atomic E-state index is -0.265. The third kappa shape index (κ3) is 2.67. The van der Waals surface area contributed by atoms with Crippen LogP contribution in [-0.4, -0.2) is 25.4 Å². The zero-order valence-corrected chi connectivity index (χ0v) is 8.36. The van der Waals surface area contributed by atoms with Crippen molar-refractivity contribution >= 4 is 0 Å². The molecule has 0 radical (unpaired) electrons. The summed E-state index contributed by atoms with van der Waals surface area (Å²) >= 11 is 0. The molecule has 0 aliphatic carbocycles. The molecule has 1 fully saturated rings. The van der Waals surface area contributed by atoms with Gasteiger partial charge in [0.2, 0.25) is 0 Å². The molecule has 4 heteroatoms. The van der Waals surface area contributed by atoms with E-state index < -0.39 is 0 Å². The molecular formula is C11H14FNO2. The second kappa shape index (κ2) is 4.59. The SMILES string of the molecule is NC1COCCC1Oc1ccc(F)cc1. The van der Waals surface area contributed by atoms with Crippen molar-refractivity contribution in [3.05, 3.63) is 30.1 Å². The first-order valence-corrected chi connectivity index (χ1v) is 5.01. The number of nitrogens with two attached hydrogens (primary N) is 1. The van der Waals surface area contributed by atoms with Gasteiger partial charge in [-0.05, 0) is 24.3 Å². The largest absolute Gasteiger partial charge is 0.489 e. The third-order valence-electron chi connectivity index (χ3n) is 2.44. The van der Waals surface area contributed by atoms with Gasteiger partial charge in [-0.2, -0.15) is 0 Å². The van der Waals surface area contributed by atoms with Crippen LogP contribution >= 0.6 is 0 Å². The number of hydrogen-bond acceptors (Lipinski definition) is 3.